The van der Waals surface area contributed by atoms with Gasteiger partial charge in [-0.1, -0.05) is 11.8 Å². The van der Waals surface area contributed by atoms with E-state index in [4.69, 9.17) is 9.52 Å². The quantitative estimate of drug-likeness (QED) is 0.835. The Morgan fingerprint density at radius 2 is 2.50 bits per heavy atom. The van der Waals surface area contributed by atoms with Crippen molar-refractivity contribution in [2.24, 2.45) is 0 Å². The Bertz CT molecular complexity index is 403. The molecular formula is C10H14N2O3S. The SMILES string of the molecule is CN(C)CC1CNc2cc(C(=O)O)oc2S1. The summed E-state index contributed by atoms with van der Waals surface area (Å²) in [6.07, 6.45) is 0. The molecule has 2 rings (SSSR count). The molecule has 1 atom stereocenters. The van der Waals surface area contributed by atoms with Crippen molar-refractivity contribution >= 4 is 23.4 Å². The fourth-order valence-corrected chi connectivity index (χ4v) is 2.85. The van der Waals surface area contributed by atoms with E-state index in [0.29, 0.717) is 10.3 Å². The van der Waals surface area contributed by atoms with E-state index in [1.54, 1.807) is 11.8 Å². The highest BCUT2D eigenvalue weighted by Gasteiger charge is 2.25. The minimum atomic E-state index is -1.03. The number of carboxylic acid groups (broad SMARTS) is 1. The van der Waals surface area contributed by atoms with Crippen LogP contribution in [0.25, 0.3) is 0 Å². The van der Waals surface area contributed by atoms with E-state index in [9.17, 15) is 4.79 Å². The molecule has 6 heteroatoms. The number of aromatic carboxylic acids is 1. The topological polar surface area (TPSA) is 65.7 Å². The Balaban J connectivity index is 2.11. The van der Waals surface area contributed by atoms with Crippen LogP contribution in [0.15, 0.2) is 15.6 Å². The Morgan fingerprint density at radius 3 is 3.12 bits per heavy atom. The first-order valence-corrected chi connectivity index (χ1v) is 5.86. The number of hydrogen-bond acceptors (Lipinski definition) is 5. The number of nitrogens with one attached hydrogen (secondary N) is 1. The van der Waals surface area contributed by atoms with Gasteiger partial charge in [0.05, 0.1) is 5.69 Å². The van der Waals surface area contributed by atoms with Crippen LogP contribution in [0, 0.1) is 0 Å². The number of fused-ring (bicyclic) bond motifs is 1. The molecule has 0 aromatic carbocycles. The van der Waals surface area contributed by atoms with Crippen LogP contribution in [0.3, 0.4) is 0 Å². The summed E-state index contributed by atoms with van der Waals surface area (Å²) in [4.78, 5) is 12.8. The standard InChI is InChI=1S/C10H14N2O3S/c1-12(2)5-6-4-11-7-3-8(9(13)14)15-10(7)16-6/h3,6,11H,4-5H2,1-2H3,(H,13,14). The Kier molecular flexibility index (Phi) is 3.11. The zero-order valence-electron chi connectivity index (χ0n) is 9.19. The summed E-state index contributed by atoms with van der Waals surface area (Å²) in [6, 6.07) is 1.54. The van der Waals surface area contributed by atoms with E-state index in [0.717, 1.165) is 18.8 Å². The van der Waals surface area contributed by atoms with Crippen LogP contribution >= 0.6 is 11.8 Å². The van der Waals surface area contributed by atoms with Gasteiger partial charge < -0.3 is 19.7 Å². The maximum atomic E-state index is 10.7. The maximum Gasteiger partial charge on any atom is 0.371 e. The maximum absolute atomic E-state index is 10.7. The van der Waals surface area contributed by atoms with Crippen molar-refractivity contribution in [2.45, 2.75) is 10.3 Å². The second kappa shape index (κ2) is 4.39. The summed E-state index contributed by atoms with van der Waals surface area (Å²) in [6.45, 7) is 1.76. The van der Waals surface area contributed by atoms with Gasteiger partial charge in [0.2, 0.25) is 5.76 Å². The highest BCUT2D eigenvalue weighted by Crippen LogP contribution is 2.37. The third-order valence-corrected chi connectivity index (χ3v) is 3.44. The summed E-state index contributed by atoms with van der Waals surface area (Å²) < 4.78 is 5.26. The van der Waals surface area contributed by atoms with Crippen LogP contribution in [0.4, 0.5) is 5.69 Å². The first-order chi connectivity index (χ1) is 7.56. The van der Waals surface area contributed by atoms with Gasteiger partial charge in [-0.2, -0.15) is 0 Å². The van der Waals surface area contributed by atoms with Gasteiger partial charge in [-0.3, -0.25) is 0 Å². The lowest BCUT2D eigenvalue weighted by molar-refractivity contribution is 0.0656. The fourth-order valence-electron chi connectivity index (χ4n) is 1.62. The molecule has 0 radical (unpaired) electrons. The Morgan fingerprint density at radius 1 is 1.75 bits per heavy atom. The molecule has 0 fully saturated rings. The van der Waals surface area contributed by atoms with Crippen molar-refractivity contribution in [2.75, 3.05) is 32.5 Å². The third kappa shape index (κ3) is 2.33. The summed E-state index contributed by atoms with van der Waals surface area (Å²) in [5.74, 6) is -1.03. The van der Waals surface area contributed by atoms with Crippen LogP contribution < -0.4 is 5.32 Å². The highest BCUT2D eigenvalue weighted by atomic mass is 32.2. The number of nitrogens with zero attached hydrogens (tertiary/aromatic N) is 1. The molecule has 0 spiro atoms. The van der Waals surface area contributed by atoms with E-state index in [-0.39, 0.29) is 5.76 Å². The van der Waals surface area contributed by atoms with Crippen LogP contribution in [-0.2, 0) is 0 Å². The molecule has 88 valence electrons. The minimum absolute atomic E-state index is 0.00416. The van der Waals surface area contributed by atoms with Crippen molar-refractivity contribution < 1.29 is 14.3 Å². The second-order valence-electron chi connectivity index (χ2n) is 4.00. The molecule has 1 aromatic heterocycles. The summed E-state index contributed by atoms with van der Waals surface area (Å²) in [7, 11) is 4.03. The number of carbonyl (C=O) groups is 1. The van der Waals surface area contributed by atoms with E-state index in [1.165, 1.54) is 6.07 Å². The smallest absolute Gasteiger partial charge is 0.371 e. The van der Waals surface area contributed by atoms with E-state index in [1.807, 2.05) is 14.1 Å². The average Bonchev–Trinajstić information content (AvgIpc) is 2.59. The lowest BCUT2D eigenvalue weighted by Crippen LogP contribution is -2.31. The van der Waals surface area contributed by atoms with Crippen LogP contribution in [0.1, 0.15) is 10.6 Å². The molecule has 1 aliphatic rings. The third-order valence-electron chi connectivity index (χ3n) is 2.27. The Labute approximate surface area is 97.8 Å². The van der Waals surface area contributed by atoms with Gasteiger partial charge in [-0.05, 0) is 14.1 Å². The molecule has 1 unspecified atom stereocenters. The molecule has 16 heavy (non-hydrogen) atoms. The lowest BCUT2D eigenvalue weighted by Gasteiger charge is -2.24. The first-order valence-electron chi connectivity index (χ1n) is 4.98. The Hall–Kier alpha value is -1.14. The average molecular weight is 242 g/mol. The van der Waals surface area contributed by atoms with Gasteiger partial charge in [0, 0.05) is 24.4 Å². The van der Waals surface area contributed by atoms with Gasteiger partial charge >= 0.3 is 5.97 Å². The lowest BCUT2D eigenvalue weighted by atomic mass is 10.3. The van der Waals surface area contributed by atoms with Crippen molar-refractivity contribution in [1.29, 1.82) is 0 Å². The second-order valence-corrected chi connectivity index (χ2v) is 5.27. The van der Waals surface area contributed by atoms with Gasteiger partial charge in [-0.25, -0.2) is 4.79 Å². The predicted octanol–water partition coefficient (Wildman–Crippen LogP) is 1.43. The molecule has 0 saturated carbocycles. The number of furan rings is 1. The van der Waals surface area contributed by atoms with Crippen molar-refractivity contribution in [1.82, 2.24) is 4.90 Å². The number of hydrogen-bond donors (Lipinski definition) is 2. The first kappa shape index (κ1) is 11.3. The van der Waals surface area contributed by atoms with E-state index < -0.39 is 5.97 Å². The molecule has 0 aliphatic carbocycles. The normalized spacial score (nSPS) is 19.3. The number of carboxylic acids is 1. The zero-order chi connectivity index (χ0) is 11.7. The summed E-state index contributed by atoms with van der Waals surface area (Å²) >= 11 is 1.59. The van der Waals surface area contributed by atoms with Gasteiger partial charge in [0.15, 0.2) is 5.09 Å². The largest absolute Gasteiger partial charge is 0.475 e. The molecule has 2 N–H and O–H groups in total. The molecular weight excluding hydrogens is 228 g/mol. The summed E-state index contributed by atoms with van der Waals surface area (Å²) in [5.41, 5.74) is 0.789. The molecule has 2 heterocycles. The number of anilines is 1. The molecule has 0 amide bonds. The molecule has 1 aromatic rings. The summed E-state index contributed by atoms with van der Waals surface area (Å²) in [5, 5.41) is 13.1. The van der Waals surface area contributed by atoms with Gasteiger partial charge in [-0.15, -0.1) is 0 Å². The minimum Gasteiger partial charge on any atom is -0.475 e. The van der Waals surface area contributed by atoms with Gasteiger partial charge in [0.1, 0.15) is 0 Å². The molecule has 5 nitrogen and oxygen atoms in total. The molecule has 0 saturated heterocycles. The van der Waals surface area contributed by atoms with Crippen molar-refractivity contribution in [3.05, 3.63) is 11.8 Å². The van der Waals surface area contributed by atoms with Crippen molar-refractivity contribution in [3.8, 4) is 0 Å². The number of rotatable bonds is 3. The molecule has 1 aliphatic heterocycles. The predicted molar refractivity (Wildman–Crippen MR) is 62.4 cm³/mol. The monoisotopic (exact) mass is 242 g/mol. The molecule has 0 bridgehead atoms. The van der Waals surface area contributed by atoms with Crippen LogP contribution in [0.2, 0.25) is 0 Å². The van der Waals surface area contributed by atoms with Gasteiger partial charge in [0.25, 0.3) is 0 Å². The van der Waals surface area contributed by atoms with E-state index in [2.05, 4.69) is 10.2 Å². The van der Waals surface area contributed by atoms with E-state index >= 15 is 0 Å². The van der Waals surface area contributed by atoms with Crippen LogP contribution in [0.5, 0.6) is 0 Å². The zero-order valence-corrected chi connectivity index (χ0v) is 10.0. The highest BCUT2D eigenvalue weighted by molar-refractivity contribution is 8.00. The fraction of sp³-hybridized carbons (Fsp3) is 0.500. The number of thioether (sulfide) groups is 1. The van der Waals surface area contributed by atoms with Crippen molar-refractivity contribution in [3.63, 3.8) is 0 Å². The van der Waals surface area contributed by atoms with Crippen LogP contribution in [-0.4, -0.2) is 48.4 Å².